The van der Waals surface area contributed by atoms with E-state index < -0.39 is 0 Å². The van der Waals surface area contributed by atoms with Crippen LogP contribution in [0.4, 0.5) is 0 Å². The third kappa shape index (κ3) is 6.48. The number of rotatable bonds is 9. The second-order valence-corrected chi connectivity index (χ2v) is 11.8. The Kier molecular flexibility index (Phi) is 9.15. The van der Waals surface area contributed by atoms with Gasteiger partial charge in [-0.05, 0) is 68.5 Å². The van der Waals surface area contributed by atoms with Crippen LogP contribution < -0.4 is 5.32 Å². The molecule has 2 aliphatic rings. The number of hydrogen-bond donors (Lipinski definition) is 1. The third-order valence-electron chi connectivity index (χ3n) is 8.22. The first-order valence-electron chi connectivity index (χ1n) is 14.4. The Hall–Kier alpha value is -2.67. The Balaban J connectivity index is 1.29. The minimum atomic E-state index is -0.0724. The standard InChI is InChI=1S/C31H39BrN4O2/c32-24-19-17-23(18-20-24)31(38)33-21-9-16-29-34-27-14-7-8-15-28(27)35(29)22-30(37)36(25-10-3-1-4-11-25)26-12-5-2-6-13-26/h7-8,14-15,17-20,25-26H,1-6,9-13,16,21-22H2,(H,33,38). The number of para-hydroxylation sites is 2. The summed E-state index contributed by atoms with van der Waals surface area (Å²) in [6.45, 7) is 0.899. The maximum absolute atomic E-state index is 14.0. The van der Waals surface area contributed by atoms with Crippen molar-refractivity contribution >= 4 is 38.8 Å². The SMILES string of the molecule is O=C(NCCCc1nc2ccccc2n1CC(=O)N(C1CCCCC1)C1CCCCC1)c1ccc(Br)cc1. The molecule has 0 spiro atoms. The van der Waals surface area contributed by atoms with Crippen LogP contribution in [0.5, 0.6) is 0 Å². The predicted molar refractivity (Wildman–Crippen MR) is 155 cm³/mol. The van der Waals surface area contributed by atoms with Crippen LogP contribution in [0, 0.1) is 0 Å². The van der Waals surface area contributed by atoms with Crippen molar-refractivity contribution in [1.82, 2.24) is 19.8 Å². The smallest absolute Gasteiger partial charge is 0.251 e. The molecule has 7 heteroatoms. The number of aromatic nitrogens is 2. The lowest BCUT2D eigenvalue weighted by Gasteiger charge is -2.42. The fourth-order valence-electron chi connectivity index (χ4n) is 6.29. The van der Waals surface area contributed by atoms with Crippen molar-refractivity contribution in [3.63, 3.8) is 0 Å². The average molecular weight is 580 g/mol. The quantitative estimate of drug-likeness (QED) is 0.289. The first-order chi connectivity index (χ1) is 18.6. The van der Waals surface area contributed by atoms with Crippen molar-refractivity contribution in [3.05, 3.63) is 64.4 Å². The normalized spacial score (nSPS) is 17.0. The first-order valence-corrected chi connectivity index (χ1v) is 15.2. The fourth-order valence-corrected chi connectivity index (χ4v) is 6.55. The number of benzene rings is 2. The van der Waals surface area contributed by atoms with Crippen molar-refractivity contribution in [2.45, 2.75) is 95.7 Å². The molecule has 2 amide bonds. The second kappa shape index (κ2) is 12.9. The van der Waals surface area contributed by atoms with E-state index in [0.717, 1.165) is 53.4 Å². The molecule has 1 heterocycles. The Labute approximate surface area is 234 Å². The number of fused-ring (bicyclic) bond motifs is 1. The number of nitrogens with one attached hydrogen (secondary N) is 1. The molecule has 3 aromatic rings. The maximum Gasteiger partial charge on any atom is 0.251 e. The van der Waals surface area contributed by atoms with Gasteiger partial charge in [-0.3, -0.25) is 9.59 Å². The number of carbonyl (C=O) groups is 2. The molecule has 1 aromatic heterocycles. The molecule has 2 aromatic carbocycles. The van der Waals surface area contributed by atoms with Gasteiger partial charge in [0.1, 0.15) is 12.4 Å². The van der Waals surface area contributed by atoms with Gasteiger partial charge in [-0.15, -0.1) is 0 Å². The maximum atomic E-state index is 14.0. The van der Waals surface area contributed by atoms with Crippen molar-refractivity contribution in [2.24, 2.45) is 0 Å². The third-order valence-corrected chi connectivity index (χ3v) is 8.75. The zero-order valence-electron chi connectivity index (χ0n) is 22.2. The molecule has 0 unspecified atom stereocenters. The fraction of sp³-hybridized carbons (Fsp3) is 0.516. The van der Waals surface area contributed by atoms with Crippen LogP contribution in [0.3, 0.4) is 0 Å². The van der Waals surface area contributed by atoms with Crippen molar-refractivity contribution in [3.8, 4) is 0 Å². The highest BCUT2D eigenvalue weighted by Crippen LogP contribution is 2.31. The van der Waals surface area contributed by atoms with Crippen LogP contribution in [0.1, 0.15) is 86.8 Å². The lowest BCUT2D eigenvalue weighted by atomic mass is 9.88. The molecule has 0 saturated heterocycles. The molecule has 2 fully saturated rings. The number of amides is 2. The zero-order valence-corrected chi connectivity index (χ0v) is 23.8. The average Bonchev–Trinajstić information content (AvgIpc) is 3.29. The summed E-state index contributed by atoms with van der Waals surface area (Å²) in [6.07, 6.45) is 13.5. The van der Waals surface area contributed by atoms with Gasteiger partial charge in [-0.25, -0.2) is 4.98 Å². The molecule has 6 nitrogen and oxygen atoms in total. The first kappa shape index (κ1) is 26.9. The van der Waals surface area contributed by atoms with E-state index in [9.17, 15) is 9.59 Å². The van der Waals surface area contributed by atoms with Gasteiger partial charge in [-0.1, -0.05) is 66.6 Å². The van der Waals surface area contributed by atoms with Gasteiger partial charge >= 0.3 is 0 Å². The molecular formula is C31H39BrN4O2. The van der Waals surface area contributed by atoms with Crippen LogP contribution in [-0.2, 0) is 17.8 Å². The highest BCUT2D eigenvalue weighted by molar-refractivity contribution is 9.10. The van der Waals surface area contributed by atoms with Crippen LogP contribution in [0.25, 0.3) is 11.0 Å². The molecule has 0 atom stereocenters. The summed E-state index contributed by atoms with van der Waals surface area (Å²) >= 11 is 3.41. The van der Waals surface area contributed by atoms with Crippen LogP contribution >= 0.6 is 15.9 Å². The largest absolute Gasteiger partial charge is 0.352 e. The summed E-state index contributed by atoms with van der Waals surface area (Å²) in [5.41, 5.74) is 2.59. The lowest BCUT2D eigenvalue weighted by molar-refractivity contribution is -0.138. The zero-order chi connectivity index (χ0) is 26.3. The van der Waals surface area contributed by atoms with Crippen molar-refractivity contribution in [2.75, 3.05) is 6.54 Å². The van der Waals surface area contributed by atoms with Gasteiger partial charge in [0.2, 0.25) is 5.91 Å². The van der Waals surface area contributed by atoms with E-state index in [1.165, 1.54) is 38.5 Å². The number of hydrogen-bond acceptors (Lipinski definition) is 3. The molecular weight excluding hydrogens is 540 g/mol. The lowest BCUT2D eigenvalue weighted by Crippen LogP contribution is -2.50. The van der Waals surface area contributed by atoms with Crippen molar-refractivity contribution < 1.29 is 9.59 Å². The van der Waals surface area contributed by atoms with E-state index in [0.29, 0.717) is 37.2 Å². The molecule has 0 radical (unpaired) electrons. The Morgan fingerprint density at radius 2 is 1.53 bits per heavy atom. The van der Waals surface area contributed by atoms with E-state index in [-0.39, 0.29) is 11.8 Å². The highest BCUT2D eigenvalue weighted by Gasteiger charge is 2.33. The van der Waals surface area contributed by atoms with E-state index in [1.54, 1.807) is 0 Å². The Bertz CT molecular complexity index is 1210. The van der Waals surface area contributed by atoms with Gasteiger partial charge in [0.15, 0.2) is 0 Å². The van der Waals surface area contributed by atoms with Gasteiger partial charge in [0.25, 0.3) is 5.91 Å². The van der Waals surface area contributed by atoms with Crippen LogP contribution in [-0.4, -0.2) is 44.9 Å². The molecule has 0 aliphatic heterocycles. The number of nitrogens with zero attached hydrogens (tertiary/aromatic N) is 3. The number of aryl methyl sites for hydroxylation is 1. The van der Waals surface area contributed by atoms with Gasteiger partial charge in [0, 0.05) is 35.1 Å². The van der Waals surface area contributed by atoms with Crippen LogP contribution in [0.15, 0.2) is 53.0 Å². The summed E-state index contributed by atoms with van der Waals surface area (Å²) in [5.74, 6) is 1.10. The summed E-state index contributed by atoms with van der Waals surface area (Å²) < 4.78 is 3.08. The molecule has 0 bridgehead atoms. The minimum absolute atomic E-state index is 0.0724. The van der Waals surface area contributed by atoms with Gasteiger partial charge in [-0.2, -0.15) is 0 Å². The minimum Gasteiger partial charge on any atom is -0.352 e. The predicted octanol–water partition coefficient (Wildman–Crippen LogP) is 6.66. The summed E-state index contributed by atoms with van der Waals surface area (Å²) in [4.78, 5) is 33.7. The topological polar surface area (TPSA) is 67.2 Å². The summed E-state index contributed by atoms with van der Waals surface area (Å²) in [5, 5.41) is 3.02. The number of carbonyl (C=O) groups excluding carboxylic acids is 2. The molecule has 2 aliphatic carbocycles. The molecule has 202 valence electrons. The Morgan fingerprint density at radius 3 is 2.18 bits per heavy atom. The molecule has 38 heavy (non-hydrogen) atoms. The monoisotopic (exact) mass is 578 g/mol. The second-order valence-electron chi connectivity index (χ2n) is 10.9. The van der Waals surface area contributed by atoms with Gasteiger partial charge in [0.05, 0.1) is 11.0 Å². The van der Waals surface area contributed by atoms with Crippen molar-refractivity contribution in [1.29, 1.82) is 0 Å². The summed E-state index contributed by atoms with van der Waals surface area (Å²) in [7, 11) is 0. The van der Waals surface area contributed by atoms with E-state index in [2.05, 4.69) is 36.8 Å². The Morgan fingerprint density at radius 1 is 0.895 bits per heavy atom. The molecule has 2 saturated carbocycles. The number of imidazole rings is 1. The van der Waals surface area contributed by atoms with E-state index >= 15 is 0 Å². The van der Waals surface area contributed by atoms with E-state index in [4.69, 9.17) is 4.98 Å². The van der Waals surface area contributed by atoms with Gasteiger partial charge < -0.3 is 14.8 Å². The molecule has 5 rings (SSSR count). The van der Waals surface area contributed by atoms with E-state index in [1.807, 2.05) is 42.5 Å². The summed E-state index contributed by atoms with van der Waals surface area (Å²) in [6, 6.07) is 16.3. The highest BCUT2D eigenvalue weighted by atomic mass is 79.9. The van der Waals surface area contributed by atoms with Crippen LogP contribution in [0.2, 0.25) is 0 Å². The molecule has 1 N–H and O–H groups in total. The number of halogens is 1.